The number of ether oxygens (including phenoxy) is 1. The monoisotopic (exact) mass is 255 g/mol. The van der Waals surface area contributed by atoms with E-state index >= 15 is 0 Å². The lowest BCUT2D eigenvalue weighted by atomic mass is 9.96. The second kappa shape index (κ2) is 5.65. The molecule has 0 aliphatic rings. The molecule has 0 atom stereocenters. The lowest BCUT2D eigenvalue weighted by Gasteiger charge is -2.11. The van der Waals surface area contributed by atoms with Crippen LogP contribution in [-0.2, 0) is 4.74 Å². The quantitative estimate of drug-likeness (QED) is 0.787. The summed E-state index contributed by atoms with van der Waals surface area (Å²) in [7, 11) is 0. The summed E-state index contributed by atoms with van der Waals surface area (Å²) in [5.41, 5.74) is 4.56. The Morgan fingerprint density at radius 1 is 1.16 bits per heavy atom. The second-order valence-electron chi connectivity index (χ2n) is 4.37. The Balaban J connectivity index is 2.52. The normalized spacial score (nSPS) is 10.3. The molecule has 3 nitrogen and oxygen atoms in total. The summed E-state index contributed by atoms with van der Waals surface area (Å²) in [5, 5.41) is 0. The molecule has 0 spiro atoms. The SMILES string of the molecule is CCOC(=O)c1nccc(-c2ccccc2C)c1C. The average molecular weight is 255 g/mol. The first-order valence-corrected chi connectivity index (χ1v) is 6.34. The maximum absolute atomic E-state index is 11.8. The molecule has 3 heteroatoms. The van der Waals surface area contributed by atoms with Crippen molar-refractivity contribution in [2.75, 3.05) is 6.61 Å². The van der Waals surface area contributed by atoms with Gasteiger partial charge in [0.15, 0.2) is 5.69 Å². The average Bonchev–Trinajstić information content (AvgIpc) is 2.40. The molecule has 0 unspecified atom stereocenters. The molecule has 0 fully saturated rings. The van der Waals surface area contributed by atoms with E-state index in [1.165, 1.54) is 5.56 Å². The van der Waals surface area contributed by atoms with Gasteiger partial charge in [-0.2, -0.15) is 0 Å². The molecule has 1 aromatic carbocycles. The Bertz CT molecular complexity index is 605. The number of carbonyl (C=O) groups is 1. The lowest BCUT2D eigenvalue weighted by molar-refractivity contribution is 0.0518. The van der Waals surface area contributed by atoms with Crippen molar-refractivity contribution in [2.24, 2.45) is 0 Å². The van der Waals surface area contributed by atoms with Crippen LogP contribution in [0, 0.1) is 13.8 Å². The highest BCUT2D eigenvalue weighted by atomic mass is 16.5. The number of aromatic nitrogens is 1. The fourth-order valence-electron chi connectivity index (χ4n) is 2.11. The topological polar surface area (TPSA) is 39.2 Å². The summed E-state index contributed by atoms with van der Waals surface area (Å²) >= 11 is 0. The molecule has 0 radical (unpaired) electrons. The van der Waals surface area contributed by atoms with Crippen LogP contribution in [0.2, 0.25) is 0 Å². The molecule has 1 heterocycles. The Morgan fingerprint density at radius 3 is 2.58 bits per heavy atom. The number of pyridine rings is 1. The van der Waals surface area contributed by atoms with Crippen molar-refractivity contribution in [1.29, 1.82) is 0 Å². The molecule has 19 heavy (non-hydrogen) atoms. The molecule has 2 aromatic rings. The summed E-state index contributed by atoms with van der Waals surface area (Å²) in [6, 6.07) is 10.0. The predicted octanol–water partition coefficient (Wildman–Crippen LogP) is 3.54. The lowest BCUT2D eigenvalue weighted by Crippen LogP contribution is -2.09. The van der Waals surface area contributed by atoms with Gasteiger partial charge >= 0.3 is 5.97 Å². The number of rotatable bonds is 3. The highest BCUT2D eigenvalue weighted by molar-refractivity contribution is 5.91. The molecule has 0 N–H and O–H groups in total. The van der Waals surface area contributed by atoms with Crippen LogP contribution >= 0.6 is 0 Å². The first-order chi connectivity index (χ1) is 9.15. The molecule has 0 bridgehead atoms. The number of benzene rings is 1. The van der Waals surface area contributed by atoms with Crippen molar-refractivity contribution in [2.45, 2.75) is 20.8 Å². The summed E-state index contributed by atoms with van der Waals surface area (Å²) in [6.07, 6.45) is 1.65. The van der Waals surface area contributed by atoms with Crippen LogP contribution in [0.5, 0.6) is 0 Å². The Morgan fingerprint density at radius 2 is 1.89 bits per heavy atom. The molecule has 1 aromatic heterocycles. The number of hydrogen-bond donors (Lipinski definition) is 0. The first-order valence-electron chi connectivity index (χ1n) is 6.34. The third-order valence-corrected chi connectivity index (χ3v) is 3.11. The van der Waals surface area contributed by atoms with Gasteiger partial charge in [0.25, 0.3) is 0 Å². The van der Waals surface area contributed by atoms with Crippen LogP contribution < -0.4 is 0 Å². The molecule has 0 saturated heterocycles. The Labute approximate surface area is 113 Å². The van der Waals surface area contributed by atoms with E-state index in [1.807, 2.05) is 31.2 Å². The zero-order valence-electron chi connectivity index (χ0n) is 11.4. The van der Waals surface area contributed by atoms with Crippen molar-refractivity contribution < 1.29 is 9.53 Å². The van der Waals surface area contributed by atoms with Gasteiger partial charge in [-0.15, -0.1) is 0 Å². The van der Waals surface area contributed by atoms with E-state index in [-0.39, 0.29) is 5.97 Å². The maximum Gasteiger partial charge on any atom is 0.357 e. The highest BCUT2D eigenvalue weighted by Gasteiger charge is 2.15. The third-order valence-electron chi connectivity index (χ3n) is 3.11. The molecule has 2 rings (SSSR count). The zero-order chi connectivity index (χ0) is 13.8. The van der Waals surface area contributed by atoms with Gasteiger partial charge in [0.2, 0.25) is 0 Å². The van der Waals surface area contributed by atoms with Gasteiger partial charge in [-0.1, -0.05) is 24.3 Å². The fraction of sp³-hybridized carbons (Fsp3) is 0.250. The first kappa shape index (κ1) is 13.3. The van der Waals surface area contributed by atoms with Crippen molar-refractivity contribution in [1.82, 2.24) is 4.98 Å². The van der Waals surface area contributed by atoms with Crippen LogP contribution in [0.15, 0.2) is 36.5 Å². The minimum absolute atomic E-state index is 0.356. The van der Waals surface area contributed by atoms with Gasteiger partial charge < -0.3 is 4.74 Å². The molecule has 0 amide bonds. The van der Waals surface area contributed by atoms with E-state index < -0.39 is 0 Å². The van der Waals surface area contributed by atoms with Crippen molar-refractivity contribution in [3.8, 4) is 11.1 Å². The summed E-state index contributed by atoms with van der Waals surface area (Å²) in [6.45, 7) is 6.10. The van der Waals surface area contributed by atoms with Gasteiger partial charge in [0, 0.05) is 6.20 Å². The van der Waals surface area contributed by atoms with E-state index in [1.54, 1.807) is 13.1 Å². The van der Waals surface area contributed by atoms with Crippen LogP contribution in [0.3, 0.4) is 0 Å². The predicted molar refractivity (Wildman–Crippen MR) is 75.1 cm³/mol. The zero-order valence-corrected chi connectivity index (χ0v) is 11.4. The minimum atomic E-state index is -0.365. The van der Waals surface area contributed by atoms with Crippen LogP contribution in [0.1, 0.15) is 28.5 Å². The largest absolute Gasteiger partial charge is 0.461 e. The number of hydrogen-bond acceptors (Lipinski definition) is 3. The van der Waals surface area contributed by atoms with E-state index in [4.69, 9.17) is 4.74 Å². The van der Waals surface area contributed by atoms with Gasteiger partial charge in [-0.3, -0.25) is 0 Å². The maximum atomic E-state index is 11.8. The van der Waals surface area contributed by atoms with E-state index in [9.17, 15) is 4.79 Å². The molecule has 0 aliphatic carbocycles. The van der Waals surface area contributed by atoms with Crippen LogP contribution in [0.4, 0.5) is 0 Å². The molecule has 0 aliphatic heterocycles. The van der Waals surface area contributed by atoms with Gasteiger partial charge in [0.1, 0.15) is 0 Å². The number of aryl methyl sites for hydroxylation is 1. The Kier molecular flexibility index (Phi) is 3.95. The van der Waals surface area contributed by atoms with Crippen molar-refractivity contribution in [3.63, 3.8) is 0 Å². The number of nitrogens with zero attached hydrogens (tertiary/aromatic N) is 1. The standard InChI is InChI=1S/C16H17NO2/c1-4-19-16(18)15-12(3)14(9-10-17-15)13-8-6-5-7-11(13)2/h5-10H,4H2,1-3H3. The number of carbonyl (C=O) groups excluding carboxylic acids is 1. The second-order valence-corrected chi connectivity index (χ2v) is 4.37. The smallest absolute Gasteiger partial charge is 0.357 e. The molecular formula is C16H17NO2. The van der Waals surface area contributed by atoms with Crippen molar-refractivity contribution in [3.05, 3.63) is 53.3 Å². The van der Waals surface area contributed by atoms with Gasteiger partial charge in [0.05, 0.1) is 6.61 Å². The number of esters is 1. The van der Waals surface area contributed by atoms with E-state index in [0.29, 0.717) is 12.3 Å². The van der Waals surface area contributed by atoms with E-state index in [0.717, 1.165) is 16.7 Å². The Hall–Kier alpha value is -2.16. The summed E-state index contributed by atoms with van der Waals surface area (Å²) in [5.74, 6) is -0.365. The summed E-state index contributed by atoms with van der Waals surface area (Å²) < 4.78 is 5.03. The van der Waals surface area contributed by atoms with Crippen molar-refractivity contribution >= 4 is 5.97 Å². The summed E-state index contributed by atoms with van der Waals surface area (Å²) in [4.78, 5) is 16.0. The van der Waals surface area contributed by atoms with E-state index in [2.05, 4.69) is 18.0 Å². The van der Waals surface area contributed by atoms with Gasteiger partial charge in [-0.05, 0) is 49.1 Å². The highest BCUT2D eigenvalue weighted by Crippen LogP contribution is 2.27. The van der Waals surface area contributed by atoms with Crippen LogP contribution in [-0.4, -0.2) is 17.6 Å². The van der Waals surface area contributed by atoms with Gasteiger partial charge in [-0.25, -0.2) is 9.78 Å². The third kappa shape index (κ3) is 2.65. The molecule has 0 saturated carbocycles. The molecule has 98 valence electrons. The molecular weight excluding hydrogens is 238 g/mol. The minimum Gasteiger partial charge on any atom is -0.461 e. The van der Waals surface area contributed by atoms with Crippen LogP contribution in [0.25, 0.3) is 11.1 Å². The fourth-order valence-corrected chi connectivity index (χ4v) is 2.11.